The van der Waals surface area contributed by atoms with Gasteiger partial charge in [-0.2, -0.15) is 0 Å². The first-order valence-corrected chi connectivity index (χ1v) is 6.27. The summed E-state index contributed by atoms with van der Waals surface area (Å²) in [7, 11) is 0. The Kier molecular flexibility index (Phi) is 4.52. The van der Waals surface area contributed by atoms with E-state index >= 15 is 0 Å². The van der Waals surface area contributed by atoms with E-state index in [1.807, 2.05) is 12.1 Å². The molecule has 98 valence electrons. The van der Waals surface area contributed by atoms with Crippen LogP contribution in [-0.2, 0) is 6.42 Å². The monoisotopic (exact) mass is 276 g/mol. The largest absolute Gasteiger partial charge is 0.352 e. The van der Waals surface area contributed by atoms with Crippen LogP contribution in [-0.4, -0.2) is 17.4 Å². The second kappa shape index (κ2) is 6.33. The molecule has 0 spiro atoms. The Balaban J connectivity index is 1.93. The van der Waals surface area contributed by atoms with E-state index in [2.05, 4.69) is 22.9 Å². The first kappa shape index (κ1) is 13.5. The molecule has 1 aromatic heterocycles. The van der Waals surface area contributed by atoms with Crippen molar-refractivity contribution in [2.24, 2.45) is 0 Å². The first-order valence-electron chi connectivity index (χ1n) is 5.82. The van der Waals surface area contributed by atoms with Crippen molar-refractivity contribution in [2.45, 2.75) is 11.3 Å². The molecule has 0 saturated heterocycles. The molecule has 3 nitrogen and oxygen atoms in total. The maximum absolute atomic E-state index is 13.5. The summed E-state index contributed by atoms with van der Waals surface area (Å²) in [5.41, 5.74) is 1.03. The summed E-state index contributed by atoms with van der Waals surface area (Å²) >= 11 is 4.09. The number of thiol groups is 1. The van der Waals surface area contributed by atoms with E-state index in [-0.39, 0.29) is 5.56 Å². The predicted molar refractivity (Wildman–Crippen MR) is 73.9 cm³/mol. The lowest BCUT2D eigenvalue weighted by Crippen LogP contribution is -2.26. The molecule has 19 heavy (non-hydrogen) atoms. The molecule has 0 atom stereocenters. The fraction of sp³-hybridized carbons (Fsp3) is 0.143. The zero-order chi connectivity index (χ0) is 13.7. The SMILES string of the molecule is O=C(NCCc1cccnc1)c1cc(S)ccc1F. The lowest BCUT2D eigenvalue weighted by Gasteiger charge is -2.06. The van der Waals surface area contributed by atoms with E-state index in [0.717, 1.165) is 5.56 Å². The molecule has 0 fully saturated rings. The third-order valence-electron chi connectivity index (χ3n) is 2.62. The highest BCUT2D eigenvalue weighted by Crippen LogP contribution is 2.13. The van der Waals surface area contributed by atoms with Gasteiger partial charge in [-0.25, -0.2) is 4.39 Å². The Morgan fingerprint density at radius 2 is 2.21 bits per heavy atom. The van der Waals surface area contributed by atoms with Gasteiger partial charge in [0.05, 0.1) is 5.56 Å². The molecule has 2 rings (SSSR count). The predicted octanol–water partition coefficient (Wildman–Crippen LogP) is 2.48. The number of nitrogens with zero attached hydrogens (tertiary/aromatic N) is 1. The molecule has 0 unspecified atom stereocenters. The van der Waals surface area contributed by atoms with Gasteiger partial charge in [-0.3, -0.25) is 9.78 Å². The number of nitrogens with one attached hydrogen (secondary N) is 1. The number of benzene rings is 1. The average molecular weight is 276 g/mol. The third-order valence-corrected chi connectivity index (χ3v) is 2.89. The quantitative estimate of drug-likeness (QED) is 0.842. The summed E-state index contributed by atoms with van der Waals surface area (Å²) in [6.07, 6.45) is 4.08. The van der Waals surface area contributed by atoms with E-state index in [9.17, 15) is 9.18 Å². The van der Waals surface area contributed by atoms with Gasteiger partial charge >= 0.3 is 0 Å². The Labute approximate surface area is 116 Å². The van der Waals surface area contributed by atoms with E-state index in [1.54, 1.807) is 12.4 Å². The van der Waals surface area contributed by atoms with Gasteiger partial charge in [0.25, 0.3) is 5.91 Å². The number of pyridine rings is 1. The van der Waals surface area contributed by atoms with Gasteiger partial charge in [0.15, 0.2) is 0 Å². The molecule has 0 aliphatic carbocycles. The zero-order valence-electron chi connectivity index (χ0n) is 10.1. The Hall–Kier alpha value is -1.88. The molecule has 2 aromatic rings. The zero-order valence-corrected chi connectivity index (χ0v) is 11.0. The van der Waals surface area contributed by atoms with E-state index in [0.29, 0.717) is 17.9 Å². The van der Waals surface area contributed by atoms with Gasteiger partial charge in [-0.1, -0.05) is 6.07 Å². The van der Waals surface area contributed by atoms with Gasteiger partial charge in [0.1, 0.15) is 5.82 Å². The maximum Gasteiger partial charge on any atom is 0.254 e. The smallest absolute Gasteiger partial charge is 0.254 e. The minimum atomic E-state index is -0.545. The second-order valence-corrected chi connectivity index (χ2v) is 4.55. The van der Waals surface area contributed by atoms with Crippen LogP contribution in [0.25, 0.3) is 0 Å². The van der Waals surface area contributed by atoms with Gasteiger partial charge in [-0.15, -0.1) is 12.6 Å². The Bertz CT molecular complexity index is 575. The lowest BCUT2D eigenvalue weighted by atomic mass is 10.2. The van der Waals surface area contributed by atoms with Crippen LogP contribution in [0.3, 0.4) is 0 Å². The molecule has 1 amide bonds. The van der Waals surface area contributed by atoms with Crippen molar-refractivity contribution < 1.29 is 9.18 Å². The molecule has 0 aliphatic rings. The molecule has 1 N–H and O–H groups in total. The van der Waals surface area contributed by atoms with Crippen molar-refractivity contribution in [3.63, 3.8) is 0 Å². The number of carbonyl (C=O) groups is 1. The van der Waals surface area contributed by atoms with Crippen molar-refractivity contribution in [2.75, 3.05) is 6.54 Å². The highest BCUT2D eigenvalue weighted by atomic mass is 32.1. The number of hydrogen-bond acceptors (Lipinski definition) is 3. The summed E-state index contributed by atoms with van der Waals surface area (Å²) in [6.45, 7) is 0.431. The Morgan fingerprint density at radius 3 is 2.95 bits per heavy atom. The standard InChI is InChI=1S/C14H13FN2OS/c15-13-4-3-11(19)8-12(13)14(18)17-7-5-10-2-1-6-16-9-10/h1-4,6,8-9,19H,5,7H2,(H,17,18). The van der Waals surface area contributed by atoms with Gasteiger partial charge in [0, 0.05) is 23.8 Å². The molecule has 1 heterocycles. The van der Waals surface area contributed by atoms with Crippen LogP contribution < -0.4 is 5.32 Å². The average Bonchev–Trinajstić information content (AvgIpc) is 2.42. The van der Waals surface area contributed by atoms with Crippen LogP contribution in [0.15, 0.2) is 47.6 Å². The third kappa shape index (κ3) is 3.79. The number of halogens is 1. The van der Waals surface area contributed by atoms with Crippen LogP contribution >= 0.6 is 12.6 Å². The molecule has 0 radical (unpaired) electrons. The van der Waals surface area contributed by atoms with E-state index in [1.165, 1.54) is 18.2 Å². The number of carbonyl (C=O) groups excluding carboxylic acids is 1. The van der Waals surface area contributed by atoms with E-state index < -0.39 is 11.7 Å². The van der Waals surface area contributed by atoms with Gasteiger partial charge < -0.3 is 5.32 Å². The molecule has 0 bridgehead atoms. The summed E-state index contributed by atoms with van der Waals surface area (Å²) < 4.78 is 13.5. The molecular weight excluding hydrogens is 263 g/mol. The summed E-state index contributed by atoms with van der Waals surface area (Å²) in [5, 5.41) is 2.67. The Morgan fingerprint density at radius 1 is 1.37 bits per heavy atom. The van der Waals surface area contributed by atoms with Crippen molar-refractivity contribution in [1.29, 1.82) is 0 Å². The van der Waals surface area contributed by atoms with Crippen LogP contribution in [0.5, 0.6) is 0 Å². The topological polar surface area (TPSA) is 42.0 Å². The molecule has 5 heteroatoms. The highest BCUT2D eigenvalue weighted by molar-refractivity contribution is 7.80. The molecule has 1 aromatic carbocycles. The minimum Gasteiger partial charge on any atom is -0.352 e. The van der Waals surface area contributed by atoms with Gasteiger partial charge in [-0.05, 0) is 36.2 Å². The molecule has 0 saturated carbocycles. The second-order valence-electron chi connectivity index (χ2n) is 4.03. The molecular formula is C14H13FN2OS. The van der Waals surface area contributed by atoms with Crippen molar-refractivity contribution in [3.05, 3.63) is 59.7 Å². The number of aromatic nitrogens is 1. The summed E-state index contributed by atoms with van der Waals surface area (Å²) in [4.78, 5) is 16.3. The van der Waals surface area contributed by atoms with Crippen LogP contribution in [0.4, 0.5) is 4.39 Å². The number of rotatable bonds is 4. The number of hydrogen-bond donors (Lipinski definition) is 2. The minimum absolute atomic E-state index is 0.0127. The lowest BCUT2D eigenvalue weighted by molar-refractivity contribution is 0.0950. The number of amides is 1. The summed E-state index contributed by atoms with van der Waals surface area (Å²) in [5.74, 6) is -0.978. The fourth-order valence-electron chi connectivity index (χ4n) is 1.65. The molecule has 0 aliphatic heterocycles. The first-order chi connectivity index (χ1) is 9.16. The maximum atomic E-state index is 13.5. The van der Waals surface area contributed by atoms with Crippen LogP contribution in [0, 0.1) is 5.82 Å². The van der Waals surface area contributed by atoms with Crippen molar-refractivity contribution in [3.8, 4) is 0 Å². The van der Waals surface area contributed by atoms with Crippen LogP contribution in [0.2, 0.25) is 0 Å². The summed E-state index contributed by atoms with van der Waals surface area (Å²) in [6, 6.07) is 7.91. The van der Waals surface area contributed by atoms with Crippen LogP contribution in [0.1, 0.15) is 15.9 Å². The fourth-order valence-corrected chi connectivity index (χ4v) is 1.85. The van der Waals surface area contributed by atoms with Crippen molar-refractivity contribution >= 4 is 18.5 Å². The van der Waals surface area contributed by atoms with E-state index in [4.69, 9.17) is 0 Å². The van der Waals surface area contributed by atoms with Gasteiger partial charge in [0.2, 0.25) is 0 Å². The normalized spacial score (nSPS) is 10.2. The highest BCUT2D eigenvalue weighted by Gasteiger charge is 2.11. The van der Waals surface area contributed by atoms with Crippen molar-refractivity contribution in [1.82, 2.24) is 10.3 Å².